The van der Waals surface area contributed by atoms with E-state index in [1.165, 1.54) is 0 Å². The van der Waals surface area contributed by atoms with Crippen LogP contribution in [-0.2, 0) is 6.42 Å². The summed E-state index contributed by atoms with van der Waals surface area (Å²) >= 11 is 2.84. The Morgan fingerprint density at radius 1 is 1.64 bits per heavy atom. The molecule has 0 unspecified atom stereocenters. The lowest BCUT2D eigenvalue weighted by Gasteiger charge is -2.05. The lowest BCUT2D eigenvalue weighted by atomic mass is 10.2. The fourth-order valence-electron chi connectivity index (χ4n) is 0.888. The third kappa shape index (κ3) is 2.17. The van der Waals surface area contributed by atoms with Crippen LogP contribution in [0.2, 0.25) is 0 Å². The number of rotatable bonds is 2. The summed E-state index contributed by atoms with van der Waals surface area (Å²) in [7, 11) is 0. The van der Waals surface area contributed by atoms with E-state index >= 15 is 0 Å². The van der Waals surface area contributed by atoms with Crippen LogP contribution in [0.5, 0.6) is 5.75 Å². The van der Waals surface area contributed by atoms with Crippen molar-refractivity contribution in [2.24, 2.45) is 0 Å². The van der Waals surface area contributed by atoms with Gasteiger partial charge in [0.25, 0.3) is 6.43 Å². The zero-order valence-corrected chi connectivity index (χ0v) is 8.42. The Kier molecular flexibility index (Phi) is 3.36. The van der Waals surface area contributed by atoms with Crippen LogP contribution in [0.1, 0.15) is 17.7 Å². The fourth-order valence-corrected chi connectivity index (χ4v) is 1.39. The molecule has 6 heteroatoms. The van der Waals surface area contributed by atoms with Gasteiger partial charge in [-0.3, -0.25) is 0 Å². The van der Waals surface area contributed by atoms with Crippen molar-refractivity contribution < 1.29 is 13.9 Å². The topological polar surface area (TPSA) is 56.9 Å². The normalized spacial score (nSPS) is 10.2. The van der Waals surface area contributed by atoms with E-state index in [9.17, 15) is 13.9 Å². The van der Waals surface area contributed by atoms with Crippen LogP contribution in [-0.4, -0.2) is 10.1 Å². The minimum Gasteiger partial charge on any atom is -0.506 e. The Bertz CT molecular complexity index is 390. The van der Waals surface area contributed by atoms with Crippen molar-refractivity contribution in [1.82, 2.24) is 4.98 Å². The average molecular weight is 263 g/mol. The highest BCUT2D eigenvalue weighted by molar-refractivity contribution is 9.10. The Hall–Kier alpha value is -1.22. The molecular weight excluding hydrogens is 258 g/mol. The summed E-state index contributed by atoms with van der Waals surface area (Å²) in [6.45, 7) is 0. The third-order valence-electron chi connectivity index (χ3n) is 1.54. The minimum absolute atomic E-state index is 0.0458. The molecule has 1 heterocycles. The van der Waals surface area contributed by atoms with Gasteiger partial charge < -0.3 is 5.11 Å². The Morgan fingerprint density at radius 2 is 2.29 bits per heavy atom. The van der Waals surface area contributed by atoms with Crippen LogP contribution in [0.15, 0.2) is 10.7 Å². The van der Waals surface area contributed by atoms with Crippen molar-refractivity contribution in [2.45, 2.75) is 12.8 Å². The molecule has 0 atom stereocenters. The highest BCUT2D eigenvalue weighted by Gasteiger charge is 2.16. The first-order valence-corrected chi connectivity index (χ1v) is 4.39. The lowest BCUT2D eigenvalue weighted by molar-refractivity contribution is 0.149. The van der Waals surface area contributed by atoms with E-state index in [1.807, 2.05) is 0 Å². The van der Waals surface area contributed by atoms with Gasteiger partial charge in [0.1, 0.15) is 10.4 Å². The van der Waals surface area contributed by atoms with Crippen LogP contribution < -0.4 is 0 Å². The first kappa shape index (κ1) is 10.9. The van der Waals surface area contributed by atoms with Crippen LogP contribution >= 0.6 is 15.9 Å². The summed E-state index contributed by atoms with van der Waals surface area (Å²) in [6, 6.07) is 2.68. The molecule has 0 aliphatic rings. The maximum Gasteiger partial charge on any atom is 0.266 e. The predicted molar refractivity (Wildman–Crippen MR) is 47.9 cm³/mol. The summed E-state index contributed by atoms with van der Waals surface area (Å²) in [5, 5.41) is 17.6. The van der Waals surface area contributed by atoms with E-state index in [4.69, 9.17) is 5.26 Å². The second-order valence-corrected chi connectivity index (χ2v) is 3.22. The van der Waals surface area contributed by atoms with Crippen LogP contribution in [0, 0.1) is 11.3 Å². The zero-order chi connectivity index (χ0) is 10.7. The molecule has 0 amide bonds. The van der Waals surface area contributed by atoms with Gasteiger partial charge in [0, 0.05) is 0 Å². The highest BCUT2D eigenvalue weighted by atomic mass is 79.9. The second-order valence-electron chi connectivity index (χ2n) is 2.47. The quantitative estimate of drug-likeness (QED) is 0.834. The molecule has 0 aliphatic heterocycles. The summed E-state index contributed by atoms with van der Waals surface area (Å²) in [6.07, 6.45) is -2.83. The van der Waals surface area contributed by atoms with Crippen LogP contribution in [0.4, 0.5) is 8.78 Å². The van der Waals surface area contributed by atoms with Crippen molar-refractivity contribution in [3.63, 3.8) is 0 Å². The van der Waals surface area contributed by atoms with Crippen molar-refractivity contribution in [2.75, 3.05) is 0 Å². The van der Waals surface area contributed by atoms with Crippen molar-refractivity contribution >= 4 is 15.9 Å². The maximum atomic E-state index is 12.3. The van der Waals surface area contributed by atoms with Gasteiger partial charge >= 0.3 is 0 Å². The largest absolute Gasteiger partial charge is 0.506 e. The molecule has 1 aromatic heterocycles. The number of nitriles is 1. The number of aromatic nitrogens is 1. The van der Waals surface area contributed by atoms with Gasteiger partial charge in [-0.15, -0.1) is 0 Å². The SMILES string of the molecule is N#CCc1nc(Br)c(C(F)F)cc1O. The van der Waals surface area contributed by atoms with E-state index < -0.39 is 6.43 Å². The number of halogens is 3. The molecule has 3 nitrogen and oxygen atoms in total. The molecule has 0 radical (unpaired) electrons. The molecule has 0 saturated carbocycles. The molecule has 0 bridgehead atoms. The molecule has 0 fully saturated rings. The van der Waals surface area contributed by atoms with Gasteiger partial charge in [0.15, 0.2) is 0 Å². The highest BCUT2D eigenvalue weighted by Crippen LogP contribution is 2.30. The number of aromatic hydroxyl groups is 1. The predicted octanol–water partition coefficient (Wildman–Crippen LogP) is 2.55. The summed E-state index contributed by atoms with van der Waals surface area (Å²) in [4.78, 5) is 3.65. The number of pyridine rings is 1. The van der Waals surface area contributed by atoms with Crippen molar-refractivity contribution in [3.8, 4) is 11.8 Å². The minimum atomic E-state index is -2.71. The lowest BCUT2D eigenvalue weighted by Crippen LogP contribution is -1.95. The molecule has 1 N–H and O–H groups in total. The summed E-state index contributed by atoms with van der Waals surface area (Å²) in [5.41, 5.74) is -0.298. The van der Waals surface area contributed by atoms with Crippen molar-refractivity contribution in [3.05, 3.63) is 21.9 Å². The second kappa shape index (κ2) is 4.33. The molecular formula is C8H5BrF2N2O. The van der Waals surface area contributed by atoms with Crippen LogP contribution in [0.25, 0.3) is 0 Å². The Morgan fingerprint density at radius 3 is 2.79 bits per heavy atom. The van der Waals surface area contributed by atoms with E-state index in [1.54, 1.807) is 6.07 Å². The molecule has 74 valence electrons. The molecule has 1 rings (SSSR count). The van der Waals surface area contributed by atoms with Gasteiger partial charge in [0.05, 0.1) is 23.7 Å². The number of hydrogen-bond acceptors (Lipinski definition) is 3. The monoisotopic (exact) mass is 262 g/mol. The van der Waals surface area contributed by atoms with Crippen LogP contribution in [0.3, 0.4) is 0 Å². The molecule has 0 aromatic carbocycles. The smallest absolute Gasteiger partial charge is 0.266 e. The van der Waals surface area contributed by atoms with Crippen molar-refractivity contribution in [1.29, 1.82) is 5.26 Å². The van der Waals surface area contributed by atoms with E-state index in [0.717, 1.165) is 6.07 Å². The zero-order valence-electron chi connectivity index (χ0n) is 6.84. The Balaban J connectivity index is 3.18. The molecule has 0 spiro atoms. The van der Waals surface area contributed by atoms with E-state index in [2.05, 4.69) is 20.9 Å². The average Bonchev–Trinajstić information content (AvgIpc) is 2.10. The summed E-state index contributed by atoms with van der Waals surface area (Å²) < 4.78 is 24.5. The van der Waals surface area contributed by atoms with Gasteiger partial charge in [-0.05, 0) is 22.0 Å². The van der Waals surface area contributed by atoms with Gasteiger partial charge in [-0.25, -0.2) is 13.8 Å². The molecule has 0 saturated heterocycles. The third-order valence-corrected chi connectivity index (χ3v) is 2.18. The molecule has 0 aliphatic carbocycles. The van der Waals surface area contributed by atoms with E-state index in [-0.39, 0.29) is 28.0 Å². The number of hydrogen-bond donors (Lipinski definition) is 1. The Labute approximate surface area is 87.1 Å². The molecule has 1 aromatic rings. The molecule has 14 heavy (non-hydrogen) atoms. The first-order chi connectivity index (χ1) is 6.56. The van der Waals surface area contributed by atoms with Gasteiger partial charge in [0.2, 0.25) is 0 Å². The van der Waals surface area contributed by atoms with Gasteiger partial charge in [-0.1, -0.05) is 0 Å². The first-order valence-electron chi connectivity index (χ1n) is 3.59. The fraction of sp³-hybridized carbons (Fsp3) is 0.250. The summed E-state index contributed by atoms with van der Waals surface area (Å²) in [5.74, 6) is -0.384. The number of nitrogens with zero attached hydrogens (tertiary/aromatic N) is 2. The number of alkyl halides is 2. The van der Waals surface area contributed by atoms with Gasteiger partial charge in [-0.2, -0.15) is 5.26 Å². The standard InChI is InChI=1S/C8H5BrF2N2O/c9-7-4(8(10)11)3-6(14)5(13-7)1-2-12/h3,8,14H,1H2. The van der Waals surface area contributed by atoms with E-state index in [0.29, 0.717) is 0 Å². The maximum absolute atomic E-state index is 12.3.